The number of H-pyrrole nitrogens is 2. The molecule has 1 heterocycles. The Balaban J connectivity index is 2.58. The van der Waals surface area contributed by atoms with Crippen LogP contribution in [0.25, 0.3) is 0 Å². The summed E-state index contributed by atoms with van der Waals surface area (Å²) in [6.07, 6.45) is 0. The number of nitrogens with one attached hydrogen (secondary N) is 2. The van der Waals surface area contributed by atoms with Gasteiger partial charge in [0.25, 0.3) is 5.56 Å². The van der Waals surface area contributed by atoms with Crippen LogP contribution in [0, 0.1) is 35.5 Å². The van der Waals surface area contributed by atoms with Gasteiger partial charge in [0.2, 0.25) is 0 Å². The van der Waals surface area contributed by atoms with Crippen molar-refractivity contribution in [2.24, 2.45) is 5.92 Å². The number of rotatable bonds is 4. The number of benzene rings is 1. The highest BCUT2D eigenvalue weighted by atomic mass is 16.1. The monoisotopic (exact) mass is 294 g/mol. The Hall–Kier alpha value is -2.79. The molecule has 0 aliphatic rings. The molecule has 1 aromatic carbocycles. The third-order valence-corrected chi connectivity index (χ3v) is 3.90. The summed E-state index contributed by atoms with van der Waals surface area (Å²) < 4.78 is 0. The molecule has 2 rings (SSSR count). The highest BCUT2D eigenvalue weighted by molar-refractivity contribution is 5.39. The summed E-state index contributed by atoms with van der Waals surface area (Å²) in [5.41, 5.74) is 2.79. The zero-order valence-corrected chi connectivity index (χ0v) is 12.8. The van der Waals surface area contributed by atoms with Crippen LogP contribution < -0.4 is 5.56 Å². The molecule has 0 bridgehead atoms. The summed E-state index contributed by atoms with van der Waals surface area (Å²) >= 11 is 0. The van der Waals surface area contributed by atoms with E-state index in [4.69, 9.17) is 0 Å². The van der Waals surface area contributed by atoms with E-state index in [1.807, 2.05) is 36.4 Å². The Kier molecular flexibility index (Phi) is 4.48. The number of aromatic nitrogens is 2. The minimum atomic E-state index is -0.916. The Morgan fingerprint density at radius 2 is 1.55 bits per heavy atom. The van der Waals surface area contributed by atoms with Crippen molar-refractivity contribution in [2.75, 3.05) is 0 Å². The van der Waals surface area contributed by atoms with Crippen LogP contribution in [-0.2, 0) is 0 Å². The summed E-state index contributed by atoms with van der Waals surface area (Å²) in [6, 6.07) is 11.8. The first kappa shape index (κ1) is 15.6. The van der Waals surface area contributed by atoms with Crippen molar-refractivity contribution >= 4 is 0 Å². The molecule has 5 nitrogen and oxygen atoms in total. The zero-order chi connectivity index (χ0) is 16.3. The molecule has 1 aromatic heterocycles. The van der Waals surface area contributed by atoms with Crippen LogP contribution in [0.5, 0.6) is 0 Å². The summed E-state index contributed by atoms with van der Waals surface area (Å²) in [5.74, 6) is -1.08. The SMILES string of the molecule is Cc1[nH][nH]c(=O)c1[C@@H](c1ccc(C(C)C)cc1)C(C#N)C#N. The normalized spacial score (nSPS) is 12.1. The molecule has 0 fully saturated rings. The molecule has 2 N–H and O–H groups in total. The number of hydrogen-bond acceptors (Lipinski definition) is 3. The lowest BCUT2D eigenvalue weighted by molar-refractivity contribution is 0.699. The predicted octanol–water partition coefficient (Wildman–Crippen LogP) is 2.93. The molecule has 0 aliphatic heterocycles. The molecule has 0 aliphatic carbocycles. The summed E-state index contributed by atoms with van der Waals surface area (Å²) in [6.45, 7) is 5.95. The van der Waals surface area contributed by atoms with Gasteiger partial charge in [0, 0.05) is 17.2 Å². The highest BCUT2D eigenvalue weighted by Gasteiger charge is 2.29. The van der Waals surface area contributed by atoms with Crippen LogP contribution in [0.15, 0.2) is 29.1 Å². The minimum absolute atomic E-state index is 0.286. The van der Waals surface area contributed by atoms with Gasteiger partial charge in [0.05, 0.1) is 12.1 Å². The van der Waals surface area contributed by atoms with E-state index in [1.165, 1.54) is 5.56 Å². The van der Waals surface area contributed by atoms with E-state index in [2.05, 4.69) is 24.0 Å². The van der Waals surface area contributed by atoms with Crippen LogP contribution in [-0.4, -0.2) is 10.2 Å². The predicted molar refractivity (Wildman–Crippen MR) is 83.2 cm³/mol. The third-order valence-electron chi connectivity index (χ3n) is 3.90. The molecule has 112 valence electrons. The summed E-state index contributed by atoms with van der Waals surface area (Å²) in [7, 11) is 0. The Labute approximate surface area is 129 Å². The Bertz CT molecular complexity index is 770. The lowest BCUT2D eigenvalue weighted by atomic mass is 9.81. The fraction of sp³-hybridized carbons (Fsp3) is 0.353. The molecule has 0 unspecified atom stereocenters. The van der Waals surface area contributed by atoms with Gasteiger partial charge in [0.15, 0.2) is 0 Å². The molecule has 0 saturated heterocycles. The van der Waals surface area contributed by atoms with Gasteiger partial charge in [-0.3, -0.25) is 9.89 Å². The second kappa shape index (κ2) is 6.32. The number of hydrogen-bond donors (Lipinski definition) is 2. The molecular formula is C17H18N4O. The average molecular weight is 294 g/mol. The van der Waals surface area contributed by atoms with Crippen molar-refractivity contribution in [3.05, 3.63) is 57.0 Å². The van der Waals surface area contributed by atoms with Crippen LogP contribution in [0.3, 0.4) is 0 Å². The van der Waals surface area contributed by atoms with Crippen LogP contribution in [0.4, 0.5) is 0 Å². The second-order valence-electron chi connectivity index (χ2n) is 5.65. The number of aryl methyl sites for hydroxylation is 1. The maximum Gasteiger partial charge on any atom is 0.268 e. The van der Waals surface area contributed by atoms with Gasteiger partial charge in [-0.05, 0) is 24.0 Å². The van der Waals surface area contributed by atoms with Gasteiger partial charge >= 0.3 is 0 Å². The number of aromatic amines is 2. The summed E-state index contributed by atoms with van der Waals surface area (Å²) in [4.78, 5) is 12.1. The van der Waals surface area contributed by atoms with Crippen LogP contribution >= 0.6 is 0 Å². The maximum atomic E-state index is 12.1. The molecule has 0 spiro atoms. The van der Waals surface area contributed by atoms with Crippen LogP contribution in [0.2, 0.25) is 0 Å². The molecule has 1 atom stereocenters. The van der Waals surface area contributed by atoms with Crippen molar-refractivity contribution in [1.82, 2.24) is 10.2 Å². The Morgan fingerprint density at radius 3 is 1.95 bits per heavy atom. The lowest BCUT2D eigenvalue weighted by Crippen LogP contribution is -2.19. The quantitative estimate of drug-likeness (QED) is 0.907. The fourth-order valence-electron chi connectivity index (χ4n) is 2.62. The van der Waals surface area contributed by atoms with Crippen LogP contribution in [0.1, 0.15) is 48.1 Å². The van der Waals surface area contributed by atoms with Gasteiger partial charge in [0.1, 0.15) is 5.92 Å². The van der Waals surface area contributed by atoms with Crippen molar-refractivity contribution < 1.29 is 0 Å². The fourth-order valence-corrected chi connectivity index (χ4v) is 2.62. The van der Waals surface area contributed by atoms with Crippen molar-refractivity contribution in [2.45, 2.75) is 32.6 Å². The Morgan fingerprint density at radius 1 is 1.00 bits per heavy atom. The maximum absolute atomic E-state index is 12.1. The average Bonchev–Trinajstić information content (AvgIpc) is 2.84. The second-order valence-corrected chi connectivity index (χ2v) is 5.65. The van der Waals surface area contributed by atoms with Gasteiger partial charge in [-0.15, -0.1) is 0 Å². The van der Waals surface area contributed by atoms with E-state index in [0.717, 1.165) is 5.56 Å². The van der Waals surface area contributed by atoms with E-state index in [9.17, 15) is 15.3 Å². The molecule has 0 saturated carbocycles. The first-order valence-electron chi connectivity index (χ1n) is 7.15. The molecule has 0 amide bonds. The van der Waals surface area contributed by atoms with Gasteiger partial charge < -0.3 is 5.10 Å². The molecular weight excluding hydrogens is 276 g/mol. The van der Waals surface area contributed by atoms with E-state index >= 15 is 0 Å². The van der Waals surface area contributed by atoms with E-state index in [-0.39, 0.29) is 5.56 Å². The summed E-state index contributed by atoms with van der Waals surface area (Å²) in [5, 5.41) is 23.9. The lowest BCUT2D eigenvalue weighted by Gasteiger charge is -2.18. The van der Waals surface area contributed by atoms with Gasteiger partial charge in [-0.1, -0.05) is 38.1 Å². The molecule has 22 heavy (non-hydrogen) atoms. The van der Waals surface area contributed by atoms with E-state index < -0.39 is 11.8 Å². The van der Waals surface area contributed by atoms with Gasteiger partial charge in [-0.25, -0.2) is 0 Å². The molecule has 2 aromatic rings. The number of nitrogens with zero attached hydrogens (tertiary/aromatic N) is 2. The molecule has 0 radical (unpaired) electrons. The topological polar surface area (TPSA) is 96.2 Å². The zero-order valence-electron chi connectivity index (χ0n) is 12.8. The van der Waals surface area contributed by atoms with E-state index in [0.29, 0.717) is 17.2 Å². The van der Waals surface area contributed by atoms with Crippen molar-refractivity contribution in [3.8, 4) is 12.1 Å². The van der Waals surface area contributed by atoms with Crippen molar-refractivity contribution in [3.63, 3.8) is 0 Å². The first-order valence-corrected chi connectivity index (χ1v) is 7.15. The minimum Gasteiger partial charge on any atom is -0.302 e. The third kappa shape index (κ3) is 2.80. The van der Waals surface area contributed by atoms with Crippen molar-refractivity contribution in [1.29, 1.82) is 10.5 Å². The molecule has 5 heteroatoms. The first-order chi connectivity index (χ1) is 10.5. The number of nitriles is 2. The smallest absolute Gasteiger partial charge is 0.268 e. The van der Waals surface area contributed by atoms with Gasteiger partial charge in [-0.2, -0.15) is 10.5 Å². The highest BCUT2D eigenvalue weighted by Crippen LogP contribution is 2.32. The van der Waals surface area contributed by atoms with E-state index in [1.54, 1.807) is 6.92 Å². The standard InChI is InChI=1S/C17H18N4O/c1-10(2)12-4-6-13(7-5-12)16(14(8-18)9-19)15-11(3)20-21-17(15)22/h4-7,10,14,16H,1-3H3,(H2,20,21,22)/t16-/m0/s1. The largest absolute Gasteiger partial charge is 0.302 e.